The second kappa shape index (κ2) is 7.24. The van der Waals surface area contributed by atoms with Crippen LogP contribution in [-0.4, -0.2) is 12.7 Å². The van der Waals surface area contributed by atoms with Crippen LogP contribution in [0.4, 0.5) is 0 Å². The van der Waals surface area contributed by atoms with Crippen LogP contribution in [-0.2, 0) is 0 Å². The van der Waals surface area contributed by atoms with Gasteiger partial charge in [-0.25, -0.2) is 4.79 Å². The molecular weight excluding hydrogens is 328 g/mol. The zero-order valence-corrected chi connectivity index (χ0v) is 14.9. The summed E-state index contributed by atoms with van der Waals surface area (Å²) in [5, 5.41) is 1.45. The van der Waals surface area contributed by atoms with Crippen LogP contribution < -0.4 is 15.1 Å². The lowest BCUT2D eigenvalue weighted by Crippen LogP contribution is -2.12. The molecule has 1 heterocycles. The summed E-state index contributed by atoms with van der Waals surface area (Å²) in [5.41, 5.74) is 1.48. The Hall–Kier alpha value is -2.75. The van der Waals surface area contributed by atoms with Gasteiger partial charge < -0.3 is 13.9 Å². The highest BCUT2D eigenvalue weighted by Gasteiger charge is 2.19. The van der Waals surface area contributed by atoms with Crippen molar-refractivity contribution in [2.75, 3.05) is 6.61 Å². The third-order valence-electron chi connectivity index (χ3n) is 4.87. The molecule has 0 N–H and O–H groups in total. The molecule has 0 saturated heterocycles. The van der Waals surface area contributed by atoms with Crippen molar-refractivity contribution in [3.05, 3.63) is 59.1 Å². The maximum atomic E-state index is 12.0. The Balaban J connectivity index is 1.76. The van der Waals surface area contributed by atoms with Crippen LogP contribution in [0.5, 0.6) is 11.5 Å². The zero-order chi connectivity index (χ0) is 17.9. The standard InChI is InChI=1S/C22H22O4/c1-2-24-21-13-15(11-12-20(21)26-16-7-3-4-8-16)19-14-25-22(23)18-10-6-5-9-17(18)19/h5-6,9-14,16H,2-4,7-8H2,1H3. The minimum atomic E-state index is -0.324. The van der Waals surface area contributed by atoms with Crippen molar-refractivity contribution in [1.82, 2.24) is 0 Å². The molecule has 1 fully saturated rings. The van der Waals surface area contributed by atoms with E-state index in [0.29, 0.717) is 12.0 Å². The van der Waals surface area contributed by atoms with E-state index in [0.717, 1.165) is 40.9 Å². The van der Waals surface area contributed by atoms with Gasteiger partial charge >= 0.3 is 5.63 Å². The summed E-state index contributed by atoms with van der Waals surface area (Å²) in [6.07, 6.45) is 6.44. The lowest BCUT2D eigenvalue weighted by atomic mass is 10.0. The second-order valence-corrected chi connectivity index (χ2v) is 6.60. The van der Waals surface area contributed by atoms with Crippen LogP contribution in [0.15, 0.2) is 57.9 Å². The second-order valence-electron chi connectivity index (χ2n) is 6.60. The number of rotatable bonds is 5. The fraction of sp³-hybridized carbons (Fsp3) is 0.318. The van der Waals surface area contributed by atoms with E-state index in [9.17, 15) is 4.79 Å². The molecule has 3 aromatic rings. The molecule has 1 aromatic heterocycles. The molecule has 0 aliphatic heterocycles. The minimum absolute atomic E-state index is 0.274. The number of ether oxygens (including phenoxy) is 2. The molecule has 1 aliphatic carbocycles. The first-order chi connectivity index (χ1) is 12.8. The summed E-state index contributed by atoms with van der Waals surface area (Å²) in [6, 6.07) is 13.4. The molecule has 1 saturated carbocycles. The van der Waals surface area contributed by atoms with Crippen molar-refractivity contribution in [3.63, 3.8) is 0 Å². The number of benzene rings is 2. The molecule has 4 heteroatoms. The highest BCUT2D eigenvalue weighted by molar-refractivity contribution is 5.95. The van der Waals surface area contributed by atoms with E-state index in [4.69, 9.17) is 13.9 Å². The summed E-state index contributed by atoms with van der Waals surface area (Å²) < 4.78 is 17.2. The number of fused-ring (bicyclic) bond motifs is 1. The molecule has 0 amide bonds. The molecule has 26 heavy (non-hydrogen) atoms. The van der Waals surface area contributed by atoms with Crippen LogP contribution in [0.25, 0.3) is 21.9 Å². The SMILES string of the molecule is CCOc1cc(-c2coc(=O)c3ccccc23)ccc1OC1CCCC1. The van der Waals surface area contributed by atoms with Gasteiger partial charge in [0.25, 0.3) is 0 Å². The Morgan fingerprint density at radius 1 is 1.04 bits per heavy atom. The zero-order valence-electron chi connectivity index (χ0n) is 14.9. The third kappa shape index (κ3) is 3.19. The molecule has 0 bridgehead atoms. The van der Waals surface area contributed by atoms with Crippen LogP contribution >= 0.6 is 0 Å². The lowest BCUT2D eigenvalue weighted by molar-refractivity contribution is 0.197. The Morgan fingerprint density at radius 2 is 1.81 bits per heavy atom. The summed E-state index contributed by atoms with van der Waals surface area (Å²) in [5.74, 6) is 1.51. The first kappa shape index (κ1) is 16.7. The maximum Gasteiger partial charge on any atom is 0.343 e. The van der Waals surface area contributed by atoms with E-state index in [1.807, 2.05) is 43.3 Å². The first-order valence-corrected chi connectivity index (χ1v) is 9.20. The Morgan fingerprint density at radius 3 is 2.58 bits per heavy atom. The third-order valence-corrected chi connectivity index (χ3v) is 4.87. The van der Waals surface area contributed by atoms with E-state index in [1.54, 1.807) is 6.07 Å². The van der Waals surface area contributed by atoms with Crippen molar-refractivity contribution >= 4 is 10.8 Å². The molecular formula is C22H22O4. The molecule has 1 aliphatic rings. The highest BCUT2D eigenvalue weighted by atomic mass is 16.5. The van der Waals surface area contributed by atoms with Crippen molar-refractivity contribution in [3.8, 4) is 22.6 Å². The predicted octanol–water partition coefficient (Wildman–Crippen LogP) is 5.18. The van der Waals surface area contributed by atoms with E-state index in [1.165, 1.54) is 19.1 Å². The van der Waals surface area contributed by atoms with Crippen LogP contribution in [0.3, 0.4) is 0 Å². The van der Waals surface area contributed by atoms with Gasteiger partial charge in [0.2, 0.25) is 0 Å². The van der Waals surface area contributed by atoms with Crippen LogP contribution in [0.2, 0.25) is 0 Å². The number of hydrogen-bond acceptors (Lipinski definition) is 4. The Kier molecular flexibility index (Phi) is 4.65. The van der Waals surface area contributed by atoms with Crippen molar-refractivity contribution < 1.29 is 13.9 Å². The van der Waals surface area contributed by atoms with Gasteiger partial charge in [0.1, 0.15) is 6.26 Å². The topological polar surface area (TPSA) is 48.7 Å². The fourth-order valence-corrected chi connectivity index (χ4v) is 3.59. The molecule has 2 aromatic carbocycles. The summed E-state index contributed by atoms with van der Waals surface area (Å²) in [6.45, 7) is 2.53. The van der Waals surface area contributed by atoms with Gasteiger partial charge in [0.15, 0.2) is 11.5 Å². The Labute approximate surface area is 152 Å². The highest BCUT2D eigenvalue weighted by Crippen LogP contribution is 2.37. The lowest BCUT2D eigenvalue weighted by Gasteiger charge is -2.17. The first-order valence-electron chi connectivity index (χ1n) is 9.20. The molecule has 0 radical (unpaired) electrons. The summed E-state index contributed by atoms with van der Waals surface area (Å²) >= 11 is 0. The quantitative estimate of drug-likeness (QED) is 0.636. The Bertz CT molecular complexity index is 967. The average molecular weight is 350 g/mol. The molecule has 4 rings (SSSR count). The van der Waals surface area contributed by atoms with Crippen molar-refractivity contribution in [2.45, 2.75) is 38.7 Å². The van der Waals surface area contributed by atoms with Gasteiger partial charge in [-0.05, 0) is 61.8 Å². The average Bonchev–Trinajstić information content (AvgIpc) is 3.17. The minimum Gasteiger partial charge on any atom is -0.490 e. The van der Waals surface area contributed by atoms with Crippen molar-refractivity contribution in [1.29, 1.82) is 0 Å². The molecule has 0 spiro atoms. The summed E-state index contributed by atoms with van der Waals surface area (Å²) in [7, 11) is 0. The largest absolute Gasteiger partial charge is 0.490 e. The fourth-order valence-electron chi connectivity index (χ4n) is 3.59. The normalized spacial score (nSPS) is 14.7. The number of hydrogen-bond donors (Lipinski definition) is 0. The van der Waals surface area contributed by atoms with Gasteiger partial charge in [-0.15, -0.1) is 0 Å². The van der Waals surface area contributed by atoms with Gasteiger partial charge in [-0.2, -0.15) is 0 Å². The maximum absolute atomic E-state index is 12.0. The molecule has 0 unspecified atom stereocenters. The van der Waals surface area contributed by atoms with Crippen LogP contribution in [0.1, 0.15) is 32.6 Å². The molecule has 4 nitrogen and oxygen atoms in total. The van der Waals surface area contributed by atoms with E-state index < -0.39 is 0 Å². The van der Waals surface area contributed by atoms with Gasteiger partial charge in [0, 0.05) is 5.56 Å². The van der Waals surface area contributed by atoms with E-state index >= 15 is 0 Å². The smallest absolute Gasteiger partial charge is 0.343 e. The van der Waals surface area contributed by atoms with E-state index in [-0.39, 0.29) is 11.7 Å². The van der Waals surface area contributed by atoms with Crippen LogP contribution in [0, 0.1) is 0 Å². The summed E-state index contributed by atoms with van der Waals surface area (Å²) in [4.78, 5) is 12.0. The van der Waals surface area contributed by atoms with Gasteiger partial charge in [0.05, 0.1) is 18.1 Å². The molecule has 0 atom stereocenters. The van der Waals surface area contributed by atoms with E-state index in [2.05, 4.69) is 0 Å². The van der Waals surface area contributed by atoms with Gasteiger partial charge in [-0.1, -0.05) is 24.3 Å². The van der Waals surface area contributed by atoms with Crippen molar-refractivity contribution in [2.24, 2.45) is 0 Å². The molecule has 134 valence electrons. The predicted molar refractivity (Wildman–Crippen MR) is 102 cm³/mol. The monoisotopic (exact) mass is 350 g/mol. The van der Waals surface area contributed by atoms with Gasteiger partial charge in [-0.3, -0.25) is 0 Å².